The molecular formula is C33H49N5O2. The predicted molar refractivity (Wildman–Crippen MR) is 167 cm³/mol. The Morgan fingerprint density at radius 2 is 1.25 bits per heavy atom. The fraction of sp³-hybridized carbons (Fsp3) is 0.455. The van der Waals surface area contributed by atoms with E-state index in [9.17, 15) is 9.59 Å². The van der Waals surface area contributed by atoms with Crippen molar-refractivity contribution in [3.05, 3.63) is 96.7 Å². The highest BCUT2D eigenvalue weighted by molar-refractivity contribution is 5.91. The van der Waals surface area contributed by atoms with Crippen LogP contribution in [0, 0.1) is 6.92 Å². The summed E-state index contributed by atoms with van der Waals surface area (Å²) < 4.78 is 0. The van der Waals surface area contributed by atoms with Crippen molar-refractivity contribution in [3.63, 3.8) is 0 Å². The Hall–Kier alpha value is -3.58. The first-order valence-electron chi connectivity index (χ1n) is 14.6. The molecule has 218 valence electrons. The fourth-order valence-corrected chi connectivity index (χ4v) is 3.37. The molecule has 0 unspecified atom stereocenters. The Morgan fingerprint density at radius 3 is 1.80 bits per heavy atom. The Labute approximate surface area is 241 Å². The molecule has 0 aliphatic carbocycles. The van der Waals surface area contributed by atoms with Gasteiger partial charge in [0.2, 0.25) is 5.91 Å². The number of carbonyl (C=O) groups excluding carboxylic acids is 2. The van der Waals surface area contributed by atoms with Crippen LogP contribution >= 0.6 is 0 Å². The first kappa shape index (κ1) is 34.4. The van der Waals surface area contributed by atoms with Gasteiger partial charge < -0.3 is 16.0 Å². The molecule has 7 nitrogen and oxygen atoms in total. The largest absolute Gasteiger partial charge is 0.355 e. The first-order valence-corrected chi connectivity index (χ1v) is 14.6. The molecule has 1 heterocycles. The topological polar surface area (TPSA) is 96.0 Å². The number of amides is 2. The predicted octanol–water partition coefficient (Wildman–Crippen LogP) is 6.09. The van der Waals surface area contributed by atoms with E-state index in [0.29, 0.717) is 31.7 Å². The van der Waals surface area contributed by atoms with Crippen LogP contribution in [-0.4, -0.2) is 48.0 Å². The van der Waals surface area contributed by atoms with Gasteiger partial charge in [0.15, 0.2) is 0 Å². The molecule has 0 bridgehead atoms. The minimum absolute atomic E-state index is 0.0628. The first-order chi connectivity index (χ1) is 19.6. The molecule has 1 aromatic rings. The Balaban J connectivity index is 1.91. The maximum absolute atomic E-state index is 11.9. The van der Waals surface area contributed by atoms with Crippen LogP contribution in [0.2, 0.25) is 0 Å². The second kappa shape index (κ2) is 25.7. The summed E-state index contributed by atoms with van der Waals surface area (Å²) >= 11 is 0. The van der Waals surface area contributed by atoms with E-state index in [0.717, 1.165) is 63.6 Å². The van der Waals surface area contributed by atoms with Crippen LogP contribution in [0.1, 0.15) is 80.9 Å². The van der Waals surface area contributed by atoms with Gasteiger partial charge in [-0.05, 0) is 64.8 Å². The number of carbonyl (C=O) groups is 2. The average Bonchev–Trinajstić information content (AvgIpc) is 2.96. The molecule has 0 aliphatic rings. The summed E-state index contributed by atoms with van der Waals surface area (Å²) in [6.07, 6.45) is 37.1. The van der Waals surface area contributed by atoms with Gasteiger partial charge in [-0.1, -0.05) is 79.8 Å². The van der Waals surface area contributed by atoms with E-state index in [4.69, 9.17) is 0 Å². The summed E-state index contributed by atoms with van der Waals surface area (Å²) in [6, 6.07) is 0. The van der Waals surface area contributed by atoms with Crippen molar-refractivity contribution in [2.45, 2.75) is 71.6 Å². The molecule has 2 amide bonds. The lowest BCUT2D eigenvalue weighted by atomic mass is 10.2. The number of aromatic nitrogens is 2. The van der Waals surface area contributed by atoms with Gasteiger partial charge in [-0.3, -0.25) is 14.6 Å². The van der Waals surface area contributed by atoms with E-state index >= 15 is 0 Å². The highest BCUT2D eigenvalue weighted by Crippen LogP contribution is 1.98. The number of allylic oxidation sites excluding steroid dienone is 12. The van der Waals surface area contributed by atoms with E-state index in [1.165, 1.54) is 6.20 Å². The molecule has 7 heteroatoms. The summed E-state index contributed by atoms with van der Waals surface area (Å²) in [5.74, 6) is -0.153. The van der Waals surface area contributed by atoms with E-state index in [2.05, 4.69) is 106 Å². The number of nitrogens with one attached hydrogen (secondary N) is 3. The fourth-order valence-electron chi connectivity index (χ4n) is 3.37. The van der Waals surface area contributed by atoms with Crippen LogP contribution in [0.3, 0.4) is 0 Å². The second-order valence-electron chi connectivity index (χ2n) is 9.21. The van der Waals surface area contributed by atoms with Gasteiger partial charge in [0.25, 0.3) is 5.91 Å². The highest BCUT2D eigenvalue weighted by Gasteiger charge is 2.06. The minimum atomic E-state index is -0.216. The SMILES string of the molecule is CCC=CCC=CCC=CCC=CCC=CCC=CCCC(=O)NCCNCCCNC(=O)c1cnc(C)cn1. The smallest absolute Gasteiger partial charge is 0.271 e. The van der Waals surface area contributed by atoms with Crippen molar-refractivity contribution >= 4 is 11.8 Å². The molecule has 0 aromatic carbocycles. The molecule has 40 heavy (non-hydrogen) atoms. The van der Waals surface area contributed by atoms with Crippen LogP contribution in [0.15, 0.2) is 85.3 Å². The number of aryl methyl sites for hydroxylation is 1. The molecular weight excluding hydrogens is 498 g/mol. The normalized spacial score (nSPS) is 12.2. The zero-order chi connectivity index (χ0) is 28.9. The van der Waals surface area contributed by atoms with Crippen molar-refractivity contribution in [1.29, 1.82) is 0 Å². The third kappa shape index (κ3) is 21.4. The van der Waals surface area contributed by atoms with Gasteiger partial charge >= 0.3 is 0 Å². The van der Waals surface area contributed by atoms with Crippen molar-refractivity contribution in [2.75, 3.05) is 26.2 Å². The van der Waals surface area contributed by atoms with Crippen LogP contribution in [0.25, 0.3) is 0 Å². The van der Waals surface area contributed by atoms with Gasteiger partial charge in [0.1, 0.15) is 5.69 Å². The van der Waals surface area contributed by atoms with Crippen molar-refractivity contribution in [1.82, 2.24) is 25.9 Å². The summed E-state index contributed by atoms with van der Waals surface area (Å²) in [4.78, 5) is 32.0. The van der Waals surface area contributed by atoms with Crippen LogP contribution in [0.5, 0.6) is 0 Å². The number of rotatable bonds is 22. The maximum atomic E-state index is 11.9. The lowest BCUT2D eigenvalue weighted by molar-refractivity contribution is -0.120. The van der Waals surface area contributed by atoms with Crippen LogP contribution in [-0.2, 0) is 4.79 Å². The summed E-state index contributed by atoms with van der Waals surface area (Å²) in [5.41, 5.74) is 1.10. The molecule has 0 atom stereocenters. The van der Waals surface area contributed by atoms with E-state index in [1.54, 1.807) is 6.20 Å². The van der Waals surface area contributed by atoms with Gasteiger partial charge in [-0.25, -0.2) is 4.98 Å². The second-order valence-corrected chi connectivity index (χ2v) is 9.21. The van der Waals surface area contributed by atoms with Gasteiger partial charge in [-0.15, -0.1) is 0 Å². The van der Waals surface area contributed by atoms with Crippen molar-refractivity contribution < 1.29 is 9.59 Å². The van der Waals surface area contributed by atoms with Crippen molar-refractivity contribution in [3.8, 4) is 0 Å². The third-order valence-corrected chi connectivity index (χ3v) is 5.59. The average molecular weight is 548 g/mol. The monoisotopic (exact) mass is 547 g/mol. The van der Waals surface area contributed by atoms with Gasteiger partial charge in [-0.2, -0.15) is 0 Å². The molecule has 0 radical (unpaired) electrons. The minimum Gasteiger partial charge on any atom is -0.355 e. The molecule has 0 saturated carbocycles. The molecule has 1 rings (SSSR count). The highest BCUT2D eigenvalue weighted by atomic mass is 16.2. The Bertz CT molecular complexity index is 975. The molecule has 0 spiro atoms. The zero-order valence-corrected chi connectivity index (χ0v) is 24.5. The third-order valence-electron chi connectivity index (χ3n) is 5.59. The van der Waals surface area contributed by atoms with Crippen LogP contribution in [0.4, 0.5) is 0 Å². The van der Waals surface area contributed by atoms with E-state index in [1.807, 2.05) is 6.92 Å². The van der Waals surface area contributed by atoms with Crippen LogP contribution < -0.4 is 16.0 Å². The van der Waals surface area contributed by atoms with Crippen molar-refractivity contribution in [2.24, 2.45) is 0 Å². The van der Waals surface area contributed by atoms with Gasteiger partial charge in [0.05, 0.1) is 11.9 Å². The number of nitrogens with zero attached hydrogens (tertiary/aromatic N) is 2. The zero-order valence-electron chi connectivity index (χ0n) is 24.5. The number of hydrogen-bond donors (Lipinski definition) is 3. The number of hydrogen-bond acceptors (Lipinski definition) is 5. The molecule has 3 N–H and O–H groups in total. The molecule has 0 saturated heterocycles. The Morgan fingerprint density at radius 1 is 0.675 bits per heavy atom. The summed E-state index contributed by atoms with van der Waals surface area (Å²) in [5, 5.41) is 9.01. The lowest BCUT2D eigenvalue weighted by Crippen LogP contribution is -2.33. The molecule has 0 aliphatic heterocycles. The quantitative estimate of drug-likeness (QED) is 0.121. The van der Waals surface area contributed by atoms with E-state index in [-0.39, 0.29) is 11.8 Å². The van der Waals surface area contributed by atoms with E-state index < -0.39 is 0 Å². The molecule has 0 fully saturated rings. The Kier molecular flexibility index (Phi) is 22.1. The summed E-state index contributed by atoms with van der Waals surface area (Å²) in [6.45, 7) is 6.58. The standard InChI is InChI=1S/C33H49N5O2/c1-3-4-5-6-7-8-9-10-11-12-13-14-15-16-17-18-19-20-21-23-32(39)35-27-26-34-24-22-25-36-33(40)31-29-37-30(2)28-38-31/h4-5,7-8,10-11,13-14,16-17,19-20,28-29,34H,3,6,9,12,15,18,21-27H2,1-2H3,(H,35,39)(H,36,40). The summed E-state index contributed by atoms with van der Waals surface area (Å²) in [7, 11) is 0. The lowest BCUT2D eigenvalue weighted by Gasteiger charge is -2.07. The maximum Gasteiger partial charge on any atom is 0.271 e. The van der Waals surface area contributed by atoms with Gasteiger partial charge in [0, 0.05) is 32.3 Å². The molecule has 1 aromatic heterocycles.